The summed E-state index contributed by atoms with van der Waals surface area (Å²) in [5, 5.41) is 0. The van der Waals surface area contributed by atoms with E-state index in [0.29, 0.717) is 0 Å². The van der Waals surface area contributed by atoms with Crippen LogP contribution in [0.25, 0.3) is 0 Å². The Labute approximate surface area is 91.2 Å². The lowest BCUT2D eigenvalue weighted by molar-refractivity contribution is 1.95. The molecule has 0 N–H and O–H groups in total. The van der Waals surface area contributed by atoms with Gasteiger partial charge in [-0.15, -0.1) is 0 Å². The van der Waals surface area contributed by atoms with E-state index in [1.807, 2.05) is 0 Å². The van der Waals surface area contributed by atoms with Crippen LogP contribution >= 0.6 is 14.5 Å². The minimum Gasteiger partial charge on any atom is -1.00 e. The van der Waals surface area contributed by atoms with E-state index >= 15 is 0 Å². The lowest BCUT2D eigenvalue weighted by atomic mass is 11.8. The van der Waals surface area contributed by atoms with E-state index in [9.17, 15) is 0 Å². The van der Waals surface area contributed by atoms with Gasteiger partial charge in [0.1, 0.15) is 0 Å². The summed E-state index contributed by atoms with van der Waals surface area (Å²) >= 11 is 7.33. The van der Waals surface area contributed by atoms with Crippen molar-refractivity contribution in [2.45, 2.75) is 0 Å². The van der Waals surface area contributed by atoms with Crippen molar-refractivity contribution in [2.75, 3.05) is 53.3 Å². The highest BCUT2D eigenvalue weighted by Gasteiger charge is 2.03. The summed E-state index contributed by atoms with van der Waals surface area (Å²) in [5.41, 5.74) is 0. The van der Waals surface area contributed by atoms with Gasteiger partial charge in [0.15, 0.2) is 0 Å². The van der Waals surface area contributed by atoms with Crippen molar-refractivity contribution in [3.8, 4) is 0 Å². The fourth-order valence-corrected chi connectivity index (χ4v) is 0. The summed E-state index contributed by atoms with van der Waals surface area (Å²) in [5.74, 6) is 0. The van der Waals surface area contributed by atoms with Crippen LogP contribution in [0.5, 0.6) is 0 Å². The first kappa shape index (κ1) is 19.2. The standard InChI is InChI=1S/2C4H12P.S2/c2*1-5(2,3)4;1-2/h2*1-4H3;/q2*+1;-2. The van der Waals surface area contributed by atoms with Gasteiger partial charge in [0.05, 0.1) is 0 Å². The number of hydrogen-bond acceptors (Lipinski definition) is 2. The zero-order valence-electron chi connectivity index (χ0n) is 9.71. The molecule has 0 spiro atoms. The zero-order valence-corrected chi connectivity index (χ0v) is 13.1. The minimum absolute atomic E-state index is 0.389. The van der Waals surface area contributed by atoms with Crippen molar-refractivity contribution in [3.05, 3.63) is 0 Å². The molecule has 0 radical (unpaired) electrons. The van der Waals surface area contributed by atoms with E-state index < -0.39 is 0 Å². The van der Waals surface area contributed by atoms with E-state index in [0.717, 1.165) is 0 Å². The average Bonchev–Trinajstić information content (AvgIpc) is 1.59. The van der Waals surface area contributed by atoms with Gasteiger partial charge >= 0.3 is 0 Å². The molecule has 0 rings (SSSR count). The Kier molecular flexibility index (Phi) is 14.6. The van der Waals surface area contributed by atoms with E-state index in [-0.39, 0.29) is 14.5 Å². The number of hydrogen-bond donors (Lipinski definition) is 0. The van der Waals surface area contributed by atoms with Gasteiger partial charge in [-0.25, -0.2) is 0 Å². The molecule has 0 aromatic rings. The summed E-state index contributed by atoms with van der Waals surface area (Å²) in [7, 11) is -0.778. The van der Waals surface area contributed by atoms with Crippen molar-refractivity contribution >= 4 is 37.8 Å². The first-order valence-corrected chi connectivity index (χ1v) is 12.2. The van der Waals surface area contributed by atoms with Gasteiger partial charge in [-0.2, -0.15) is 0 Å². The van der Waals surface area contributed by atoms with Crippen LogP contribution in [0.1, 0.15) is 0 Å². The van der Waals surface area contributed by atoms with Gasteiger partial charge in [-0.05, 0) is 0 Å². The maximum absolute atomic E-state index is 3.67. The molecule has 0 saturated carbocycles. The molecule has 0 aliphatic rings. The number of rotatable bonds is 0. The highest BCUT2D eigenvalue weighted by molar-refractivity contribution is 8.37. The summed E-state index contributed by atoms with van der Waals surface area (Å²) in [4.78, 5) is 0. The summed E-state index contributed by atoms with van der Waals surface area (Å²) in [6.45, 7) is 18.4. The van der Waals surface area contributed by atoms with E-state index in [4.69, 9.17) is 0 Å². The average molecular weight is 246 g/mol. The van der Waals surface area contributed by atoms with Crippen molar-refractivity contribution in [2.24, 2.45) is 0 Å². The minimum atomic E-state index is -0.389. The normalized spacial score (nSPS) is 10.5. The summed E-state index contributed by atoms with van der Waals surface area (Å²) in [6, 6.07) is 0. The molecular weight excluding hydrogens is 222 g/mol. The Morgan fingerprint density at radius 2 is 0.500 bits per heavy atom. The van der Waals surface area contributed by atoms with Crippen LogP contribution in [0.4, 0.5) is 0 Å². The largest absolute Gasteiger partial charge is 1.00 e. The maximum Gasteiger partial charge on any atom is 0.0481 e. The molecule has 78 valence electrons. The molecule has 0 fully saturated rings. The van der Waals surface area contributed by atoms with Gasteiger partial charge in [0.2, 0.25) is 0 Å². The predicted molar refractivity (Wildman–Crippen MR) is 76.0 cm³/mol. The van der Waals surface area contributed by atoms with Gasteiger partial charge < -0.3 is 23.3 Å². The molecule has 0 bridgehead atoms. The molecule has 0 unspecified atom stereocenters. The fourth-order valence-electron chi connectivity index (χ4n) is 0. The van der Waals surface area contributed by atoms with Gasteiger partial charge in [-0.1, -0.05) is 0 Å². The van der Waals surface area contributed by atoms with Crippen LogP contribution in [0.2, 0.25) is 0 Å². The summed E-state index contributed by atoms with van der Waals surface area (Å²) in [6.07, 6.45) is 0. The Morgan fingerprint density at radius 1 is 0.500 bits per heavy atom. The third-order valence-electron chi connectivity index (χ3n) is 0. The Bertz CT molecular complexity index is 58.0. The zero-order chi connectivity index (χ0) is 11.0. The first-order valence-electron chi connectivity index (χ1n) is 3.74. The lowest BCUT2D eigenvalue weighted by Crippen LogP contribution is -1.74. The van der Waals surface area contributed by atoms with Crippen LogP contribution in [0.3, 0.4) is 0 Å². The molecule has 0 aliphatic carbocycles. The Morgan fingerprint density at radius 3 is 0.500 bits per heavy atom. The third-order valence-corrected chi connectivity index (χ3v) is 0. The van der Waals surface area contributed by atoms with Crippen LogP contribution in [-0.2, 0) is 23.3 Å². The highest BCUT2D eigenvalue weighted by atomic mass is 33.1. The van der Waals surface area contributed by atoms with Crippen molar-refractivity contribution in [3.63, 3.8) is 0 Å². The third kappa shape index (κ3) is 530. The molecule has 0 aromatic carbocycles. The highest BCUT2D eigenvalue weighted by Crippen LogP contribution is 2.40. The van der Waals surface area contributed by atoms with Crippen LogP contribution < -0.4 is 0 Å². The molecule has 0 aliphatic heterocycles. The molecule has 0 atom stereocenters. The molecule has 0 aromatic heterocycles. The Hall–Kier alpha value is 1.56. The molecule has 12 heavy (non-hydrogen) atoms. The quantitative estimate of drug-likeness (QED) is 0.366. The molecule has 4 heteroatoms. The molecule has 0 amide bonds. The monoisotopic (exact) mass is 246 g/mol. The smallest absolute Gasteiger partial charge is 0.0481 e. The molecule has 0 nitrogen and oxygen atoms in total. The van der Waals surface area contributed by atoms with E-state index in [1.165, 1.54) is 0 Å². The van der Waals surface area contributed by atoms with Crippen molar-refractivity contribution < 1.29 is 0 Å². The van der Waals surface area contributed by atoms with Crippen LogP contribution in [0, 0.1) is 0 Å². The van der Waals surface area contributed by atoms with Crippen molar-refractivity contribution in [1.82, 2.24) is 0 Å². The first-order chi connectivity index (χ1) is 5.00. The van der Waals surface area contributed by atoms with Crippen molar-refractivity contribution in [1.29, 1.82) is 0 Å². The molecule has 0 heterocycles. The van der Waals surface area contributed by atoms with Crippen LogP contribution in [-0.4, -0.2) is 53.3 Å². The second-order valence-electron chi connectivity index (χ2n) is 5.37. The van der Waals surface area contributed by atoms with Gasteiger partial charge in [-0.3, -0.25) is 0 Å². The second-order valence-corrected chi connectivity index (χ2v) is 16.1. The topological polar surface area (TPSA) is 0 Å². The van der Waals surface area contributed by atoms with E-state index in [1.54, 1.807) is 0 Å². The summed E-state index contributed by atoms with van der Waals surface area (Å²) < 4.78 is 0. The predicted octanol–water partition coefficient (Wildman–Crippen LogP) is 3.04. The second kappa shape index (κ2) is 9.13. The van der Waals surface area contributed by atoms with Gasteiger partial charge in [0, 0.05) is 67.8 Å². The molecule has 0 saturated heterocycles. The molecular formula is C8H24P2S2. The SMILES string of the molecule is C[P+](C)(C)C.C[P+](C)(C)C.[S-][S-]. The Balaban J connectivity index is -0.000000112. The lowest BCUT2D eigenvalue weighted by Gasteiger charge is -2.00. The maximum atomic E-state index is 3.67. The fraction of sp³-hybridized carbons (Fsp3) is 1.00. The van der Waals surface area contributed by atoms with Gasteiger partial charge in [0.25, 0.3) is 0 Å². The van der Waals surface area contributed by atoms with E-state index in [2.05, 4.69) is 76.6 Å². The van der Waals surface area contributed by atoms with Crippen LogP contribution in [0.15, 0.2) is 0 Å².